The Labute approximate surface area is 78.6 Å². The van der Waals surface area contributed by atoms with Gasteiger partial charge in [-0.05, 0) is 12.8 Å². The summed E-state index contributed by atoms with van der Waals surface area (Å²) in [6.45, 7) is 0.779. The molecule has 0 rings (SSSR count). The fourth-order valence-electron chi connectivity index (χ4n) is 0.973. The lowest BCUT2D eigenvalue weighted by atomic mass is 10.1. The number of carbonyl (C=O) groups excluding carboxylic acids is 1. The van der Waals surface area contributed by atoms with Gasteiger partial charge in [-0.25, -0.2) is 5.84 Å². The van der Waals surface area contributed by atoms with E-state index < -0.39 is 0 Å². The van der Waals surface area contributed by atoms with Crippen LogP contribution in [0.15, 0.2) is 4.99 Å². The van der Waals surface area contributed by atoms with Crippen LogP contribution in [0, 0.1) is 0 Å². The minimum absolute atomic E-state index is 0.217. The second-order valence-corrected chi connectivity index (χ2v) is 2.83. The van der Waals surface area contributed by atoms with E-state index in [9.17, 15) is 4.79 Å². The maximum absolute atomic E-state index is 10.3. The topological polar surface area (TPSA) is 93.5 Å². The van der Waals surface area contributed by atoms with E-state index in [0.717, 1.165) is 32.2 Å². The van der Waals surface area contributed by atoms with E-state index in [-0.39, 0.29) is 5.91 Å². The lowest BCUT2D eigenvalue weighted by Gasteiger charge is -1.96. The highest BCUT2D eigenvalue weighted by Gasteiger charge is 1.93. The van der Waals surface area contributed by atoms with Crippen LogP contribution in [0.5, 0.6) is 0 Å². The summed E-state index contributed by atoms with van der Waals surface area (Å²) < 4.78 is 0. The summed E-state index contributed by atoms with van der Waals surface area (Å²) in [5.74, 6) is 4.76. The Hall–Kier alpha value is -1.10. The van der Waals surface area contributed by atoms with Gasteiger partial charge in [0, 0.05) is 13.0 Å². The highest BCUT2D eigenvalue weighted by molar-refractivity contribution is 5.73. The van der Waals surface area contributed by atoms with Crippen molar-refractivity contribution in [2.75, 3.05) is 6.54 Å². The van der Waals surface area contributed by atoms with E-state index in [4.69, 9.17) is 11.6 Å². The molecule has 1 amide bonds. The van der Waals surface area contributed by atoms with Gasteiger partial charge in [0.15, 0.2) is 0 Å². The van der Waals surface area contributed by atoms with Crippen LogP contribution in [-0.4, -0.2) is 18.8 Å². The van der Waals surface area contributed by atoms with Gasteiger partial charge in [-0.1, -0.05) is 12.8 Å². The molecule has 0 aromatic heterocycles. The third-order valence-corrected chi connectivity index (χ3v) is 1.63. The van der Waals surface area contributed by atoms with Crippen molar-refractivity contribution in [3.63, 3.8) is 0 Å². The molecule has 0 heterocycles. The van der Waals surface area contributed by atoms with Crippen LogP contribution in [0.1, 0.15) is 32.1 Å². The zero-order valence-electron chi connectivity index (χ0n) is 7.83. The molecular weight excluding hydrogens is 168 g/mol. The third-order valence-electron chi connectivity index (χ3n) is 1.63. The summed E-state index contributed by atoms with van der Waals surface area (Å²) in [6.07, 6.45) is 5.99. The number of hydrogen-bond acceptors (Lipinski definition) is 3. The molecule has 13 heavy (non-hydrogen) atoms. The molecule has 0 saturated carbocycles. The number of nitrogens with two attached hydrogens (primary N) is 2. The number of aliphatic imine (C=N–C) groups is 1. The van der Waals surface area contributed by atoms with E-state index in [1.807, 2.05) is 0 Å². The number of hydrogen-bond donors (Lipinski definition) is 3. The Balaban J connectivity index is 2.99. The van der Waals surface area contributed by atoms with Crippen LogP contribution >= 0.6 is 0 Å². The van der Waals surface area contributed by atoms with Crippen LogP contribution in [0.3, 0.4) is 0 Å². The predicted octanol–water partition coefficient (Wildman–Crippen LogP) is -0.0862. The van der Waals surface area contributed by atoms with E-state index >= 15 is 0 Å². The van der Waals surface area contributed by atoms with Crippen LogP contribution in [0.25, 0.3) is 0 Å². The van der Waals surface area contributed by atoms with Gasteiger partial charge in [-0.3, -0.25) is 9.79 Å². The fourth-order valence-corrected chi connectivity index (χ4v) is 0.973. The molecule has 0 aliphatic carbocycles. The molecule has 0 aromatic carbocycles. The molecular formula is C8H18N4O. The summed E-state index contributed by atoms with van der Waals surface area (Å²) in [5, 5.41) is 0. The smallest absolute Gasteiger partial charge is 0.217 e. The number of nitrogens with one attached hydrogen (secondary N) is 1. The first-order chi connectivity index (χ1) is 6.27. The lowest BCUT2D eigenvalue weighted by molar-refractivity contribution is -0.118. The molecule has 0 radical (unpaired) electrons. The quantitative estimate of drug-likeness (QED) is 0.163. The Morgan fingerprint density at radius 2 is 2.00 bits per heavy atom. The van der Waals surface area contributed by atoms with Crippen LogP contribution in [0.4, 0.5) is 0 Å². The third kappa shape index (κ3) is 10.9. The van der Waals surface area contributed by atoms with Crippen molar-refractivity contribution in [3.05, 3.63) is 0 Å². The molecule has 0 unspecified atom stereocenters. The minimum Gasteiger partial charge on any atom is -0.370 e. The van der Waals surface area contributed by atoms with Crippen molar-refractivity contribution in [2.24, 2.45) is 16.6 Å². The average Bonchev–Trinajstić information content (AvgIpc) is 2.09. The van der Waals surface area contributed by atoms with Crippen molar-refractivity contribution in [3.8, 4) is 0 Å². The fraction of sp³-hybridized carbons (Fsp3) is 0.750. The molecule has 0 aromatic rings. The Bertz CT molecular complexity index is 158. The van der Waals surface area contributed by atoms with Crippen molar-refractivity contribution >= 4 is 12.2 Å². The van der Waals surface area contributed by atoms with Gasteiger partial charge in [0.2, 0.25) is 5.91 Å². The number of amides is 1. The van der Waals surface area contributed by atoms with Crippen molar-refractivity contribution in [1.29, 1.82) is 0 Å². The molecule has 0 atom stereocenters. The molecule has 0 saturated heterocycles. The van der Waals surface area contributed by atoms with Crippen LogP contribution in [0.2, 0.25) is 0 Å². The highest BCUT2D eigenvalue weighted by Crippen LogP contribution is 2.02. The first kappa shape index (κ1) is 11.9. The number of primary amides is 1. The second kappa shape index (κ2) is 8.99. The molecule has 76 valence electrons. The molecule has 0 aliphatic heterocycles. The van der Waals surface area contributed by atoms with E-state index in [0.29, 0.717) is 6.42 Å². The maximum Gasteiger partial charge on any atom is 0.217 e. The Kier molecular flexibility index (Phi) is 8.23. The number of rotatable bonds is 8. The van der Waals surface area contributed by atoms with E-state index in [1.54, 1.807) is 0 Å². The average molecular weight is 186 g/mol. The monoisotopic (exact) mass is 186 g/mol. The molecule has 5 N–H and O–H groups in total. The Morgan fingerprint density at radius 1 is 1.31 bits per heavy atom. The standard InChI is InChI=1S/C8H18N4O/c9-8(13)5-3-1-2-4-6-11-7-12-10/h7H,1-6,10H2,(H2,9,13)(H,11,12). The number of nitrogens with zero attached hydrogens (tertiary/aromatic N) is 1. The van der Waals surface area contributed by atoms with Gasteiger partial charge in [0.05, 0.1) is 6.34 Å². The van der Waals surface area contributed by atoms with E-state index in [1.165, 1.54) is 6.34 Å². The maximum atomic E-state index is 10.3. The van der Waals surface area contributed by atoms with Crippen molar-refractivity contribution in [1.82, 2.24) is 5.43 Å². The molecule has 5 heteroatoms. The summed E-state index contributed by atoms with van der Waals surface area (Å²) in [4.78, 5) is 14.3. The number of carbonyl (C=O) groups is 1. The lowest BCUT2D eigenvalue weighted by Crippen LogP contribution is -2.19. The highest BCUT2D eigenvalue weighted by atomic mass is 16.1. The molecule has 5 nitrogen and oxygen atoms in total. The van der Waals surface area contributed by atoms with Crippen molar-refractivity contribution < 1.29 is 4.79 Å². The normalized spacial score (nSPS) is 10.5. The Morgan fingerprint density at radius 3 is 2.62 bits per heavy atom. The molecule has 0 aliphatic rings. The van der Waals surface area contributed by atoms with Gasteiger partial charge in [0.25, 0.3) is 0 Å². The largest absolute Gasteiger partial charge is 0.370 e. The number of hydrazine groups is 1. The van der Waals surface area contributed by atoms with Gasteiger partial charge >= 0.3 is 0 Å². The summed E-state index contributed by atoms with van der Waals surface area (Å²) in [5.41, 5.74) is 7.32. The van der Waals surface area contributed by atoms with Crippen molar-refractivity contribution in [2.45, 2.75) is 32.1 Å². The minimum atomic E-state index is -0.217. The summed E-state index contributed by atoms with van der Waals surface area (Å²) in [6, 6.07) is 0. The van der Waals surface area contributed by atoms with E-state index in [2.05, 4.69) is 10.4 Å². The van der Waals surface area contributed by atoms with Crippen LogP contribution in [-0.2, 0) is 4.79 Å². The summed E-state index contributed by atoms with van der Waals surface area (Å²) in [7, 11) is 0. The molecule has 0 fully saturated rings. The van der Waals surface area contributed by atoms with Gasteiger partial charge < -0.3 is 11.2 Å². The zero-order valence-corrected chi connectivity index (χ0v) is 7.83. The first-order valence-corrected chi connectivity index (χ1v) is 4.50. The van der Waals surface area contributed by atoms with Gasteiger partial charge in [-0.15, -0.1) is 0 Å². The zero-order chi connectivity index (χ0) is 9.94. The number of unbranched alkanes of at least 4 members (excludes halogenated alkanes) is 3. The van der Waals surface area contributed by atoms with Gasteiger partial charge in [-0.2, -0.15) is 0 Å². The molecule has 0 spiro atoms. The second-order valence-electron chi connectivity index (χ2n) is 2.83. The first-order valence-electron chi connectivity index (χ1n) is 4.50. The predicted molar refractivity (Wildman–Crippen MR) is 53.0 cm³/mol. The SMILES string of the molecule is NNC=NCCCCCCC(N)=O. The van der Waals surface area contributed by atoms with Crippen LogP contribution < -0.4 is 17.0 Å². The summed E-state index contributed by atoms with van der Waals surface area (Å²) >= 11 is 0. The van der Waals surface area contributed by atoms with Gasteiger partial charge in [0.1, 0.15) is 0 Å². The molecule has 0 bridgehead atoms.